The molecule has 0 saturated carbocycles. The van der Waals surface area contributed by atoms with E-state index < -0.39 is 60.2 Å². The molecule has 0 bridgehead atoms. The SMILES string of the molecule is O=c1[nH]c(=O)n([C@@H]2O[C@H](CO)[C@@H](O)[C@H](O)[C@H]2O)cc1C(F)(F)F. The van der Waals surface area contributed by atoms with Crippen molar-refractivity contribution in [2.24, 2.45) is 0 Å². The number of halogens is 3. The van der Waals surface area contributed by atoms with Gasteiger partial charge in [0, 0.05) is 6.20 Å². The predicted molar refractivity (Wildman–Crippen MR) is 65.3 cm³/mol. The maximum Gasteiger partial charge on any atom is 0.423 e. The summed E-state index contributed by atoms with van der Waals surface area (Å²) in [6.07, 6.45) is -13.8. The summed E-state index contributed by atoms with van der Waals surface area (Å²) in [6.45, 7) is -0.828. The summed E-state index contributed by atoms with van der Waals surface area (Å²) in [6, 6.07) is 0. The Morgan fingerprint density at radius 3 is 2.30 bits per heavy atom. The molecular formula is C11H13F3N2O7. The van der Waals surface area contributed by atoms with Gasteiger partial charge in [0.2, 0.25) is 0 Å². The average molecular weight is 342 g/mol. The first-order valence-electron chi connectivity index (χ1n) is 6.31. The van der Waals surface area contributed by atoms with Crippen LogP contribution in [0.4, 0.5) is 13.2 Å². The van der Waals surface area contributed by atoms with E-state index in [0.29, 0.717) is 0 Å². The zero-order valence-electron chi connectivity index (χ0n) is 11.3. The quantitative estimate of drug-likeness (QED) is 0.400. The summed E-state index contributed by atoms with van der Waals surface area (Å²) in [7, 11) is 0. The van der Waals surface area contributed by atoms with Gasteiger partial charge in [-0.25, -0.2) is 4.79 Å². The molecule has 23 heavy (non-hydrogen) atoms. The largest absolute Gasteiger partial charge is 0.423 e. The molecule has 0 unspecified atom stereocenters. The Balaban J connectivity index is 2.52. The fourth-order valence-electron chi connectivity index (χ4n) is 2.19. The second-order valence-corrected chi connectivity index (χ2v) is 4.93. The zero-order valence-corrected chi connectivity index (χ0v) is 11.3. The van der Waals surface area contributed by atoms with Gasteiger partial charge >= 0.3 is 11.9 Å². The molecule has 5 atom stereocenters. The van der Waals surface area contributed by atoms with Crippen LogP contribution >= 0.6 is 0 Å². The Kier molecular flexibility index (Phi) is 4.64. The molecule has 5 N–H and O–H groups in total. The van der Waals surface area contributed by atoms with Gasteiger partial charge in [-0.05, 0) is 0 Å². The molecule has 0 spiro atoms. The van der Waals surface area contributed by atoms with Crippen molar-refractivity contribution >= 4 is 0 Å². The third-order valence-corrected chi connectivity index (χ3v) is 3.41. The number of nitrogens with one attached hydrogen (secondary N) is 1. The lowest BCUT2D eigenvalue weighted by Gasteiger charge is -2.40. The molecule has 1 aromatic heterocycles. The van der Waals surface area contributed by atoms with Crippen molar-refractivity contribution in [3.63, 3.8) is 0 Å². The Bertz CT molecular complexity index is 683. The summed E-state index contributed by atoms with van der Waals surface area (Å²) in [5, 5.41) is 38.0. The Labute approximate surface area is 125 Å². The number of aromatic amines is 1. The minimum absolute atomic E-state index is 0.133. The van der Waals surface area contributed by atoms with E-state index in [9.17, 15) is 38.1 Å². The first-order chi connectivity index (χ1) is 10.6. The molecule has 130 valence electrons. The molecule has 1 aliphatic rings. The van der Waals surface area contributed by atoms with Gasteiger partial charge in [-0.3, -0.25) is 14.3 Å². The smallest absolute Gasteiger partial charge is 0.394 e. The molecule has 0 aromatic carbocycles. The van der Waals surface area contributed by atoms with E-state index in [0.717, 1.165) is 0 Å². The van der Waals surface area contributed by atoms with Crippen molar-refractivity contribution in [2.75, 3.05) is 6.61 Å². The second-order valence-electron chi connectivity index (χ2n) is 4.93. The molecule has 1 saturated heterocycles. The number of aliphatic hydroxyl groups is 4. The molecule has 1 aliphatic heterocycles. The van der Waals surface area contributed by atoms with Crippen molar-refractivity contribution in [1.29, 1.82) is 0 Å². The topological polar surface area (TPSA) is 145 Å². The summed E-state index contributed by atoms with van der Waals surface area (Å²) < 4.78 is 43.4. The molecule has 12 heteroatoms. The highest BCUT2D eigenvalue weighted by molar-refractivity contribution is 5.10. The maximum absolute atomic E-state index is 12.7. The van der Waals surface area contributed by atoms with E-state index in [1.165, 1.54) is 4.98 Å². The van der Waals surface area contributed by atoms with Gasteiger partial charge < -0.3 is 25.2 Å². The first-order valence-corrected chi connectivity index (χ1v) is 6.31. The fraction of sp³-hybridized carbons (Fsp3) is 0.636. The van der Waals surface area contributed by atoms with E-state index in [1.807, 2.05) is 0 Å². The molecule has 0 amide bonds. The normalized spacial score (nSPS) is 32.0. The number of hydrogen-bond acceptors (Lipinski definition) is 7. The van der Waals surface area contributed by atoms with Crippen LogP contribution in [0.3, 0.4) is 0 Å². The Hall–Kier alpha value is -1.73. The van der Waals surface area contributed by atoms with Crippen LogP contribution in [-0.2, 0) is 10.9 Å². The summed E-state index contributed by atoms with van der Waals surface area (Å²) in [5.41, 5.74) is -4.72. The van der Waals surface area contributed by atoms with E-state index in [1.54, 1.807) is 0 Å². The third kappa shape index (κ3) is 3.16. The highest BCUT2D eigenvalue weighted by Crippen LogP contribution is 2.29. The highest BCUT2D eigenvalue weighted by Gasteiger charge is 2.45. The lowest BCUT2D eigenvalue weighted by atomic mass is 9.98. The Morgan fingerprint density at radius 2 is 1.78 bits per heavy atom. The van der Waals surface area contributed by atoms with Crippen LogP contribution in [-0.4, -0.2) is 61.0 Å². The molecule has 1 aromatic rings. The van der Waals surface area contributed by atoms with Crippen molar-refractivity contribution in [2.45, 2.75) is 36.8 Å². The number of H-pyrrole nitrogens is 1. The molecule has 9 nitrogen and oxygen atoms in total. The van der Waals surface area contributed by atoms with Gasteiger partial charge in [0.15, 0.2) is 6.23 Å². The van der Waals surface area contributed by atoms with Crippen LogP contribution in [0.5, 0.6) is 0 Å². The minimum atomic E-state index is -5.07. The first kappa shape index (κ1) is 17.6. The van der Waals surface area contributed by atoms with Crippen molar-refractivity contribution in [3.05, 3.63) is 32.6 Å². The van der Waals surface area contributed by atoms with E-state index in [2.05, 4.69) is 0 Å². The van der Waals surface area contributed by atoms with Crippen LogP contribution in [0, 0.1) is 0 Å². The molecule has 0 aliphatic carbocycles. The highest BCUT2D eigenvalue weighted by atomic mass is 19.4. The zero-order chi connectivity index (χ0) is 17.5. The Morgan fingerprint density at radius 1 is 1.17 bits per heavy atom. The molecule has 1 fully saturated rings. The number of ether oxygens (including phenoxy) is 1. The number of hydrogen-bond donors (Lipinski definition) is 5. The molecule has 0 radical (unpaired) electrons. The molecule has 2 rings (SSSR count). The van der Waals surface area contributed by atoms with Gasteiger partial charge in [0.25, 0.3) is 5.56 Å². The van der Waals surface area contributed by atoms with Crippen LogP contribution in [0.2, 0.25) is 0 Å². The van der Waals surface area contributed by atoms with Gasteiger partial charge in [-0.15, -0.1) is 0 Å². The standard InChI is InChI=1S/C11H13F3N2O7/c12-11(13,14)3-1-16(10(22)15-8(3)21)9-7(20)6(19)5(18)4(2-17)23-9/h1,4-7,9,17-20H,2H2,(H,15,21,22)/t4-,5-,6+,7-,9-/m1/s1. The van der Waals surface area contributed by atoms with Crippen molar-refractivity contribution < 1.29 is 38.3 Å². The van der Waals surface area contributed by atoms with Gasteiger partial charge in [0.05, 0.1) is 6.61 Å². The van der Waals surface area contributed by atoms with Gasteiger partial charge in [0.1, 0.15) is 30.0 Å². The number of aliphatic hydroxyl groups excluding tert-OH is 4. The lowest BCUT2D eigenvalue weighted by molar-refractivity contribution is -0.252. The van der Waals surface area contributed by atoms with E-state index >= 15 is 0 Å². The maximum atomic E-state index is 12.7. The van der Waals surface area contributed by atoms with Gasteiger partial charge in [-0.2, -0.15) is 13.2 Å². The van der Waals surface area contributed by atoms with Crippen LogP contribution < -0.4 is 11.2 Å². The van der Waals surface area contributed by atoms with Crippen molar-refractivity contribution in [3.8, 4) is 0 Å². The molecule has 2 heterocycles. The van der Waals surface area contributed by atoms with E-state index in [4.69, 9.17) is 9.84 Å². The second kappa shape index (κ2) is 6.05. The predicted octanol–water partition coefficient (Wildman–Crippen LogP) is -2.47. The third-order valence-electron chi connectivity index (χ3n) is 3.41. The average Bonchev–Trinajstić information content (AvgIpc) is 2.45. The fourth-order valence-corrected chi connectivity index (χ4v) is 2.19. The monoisotopic (exact) mass is 342 g/mol. The minimum Gasteiger partial charge on any atom is -0.394 e. The number of aromatic nitrogens is 2. The van der Waals surface area contributed by atoms with Crippen LogP contribution in [0.1, 0.15) is 11.8 Å². The summed E-state index contributed by atoms with van der Waals surface area (Å²) in [5.74, 6) is 0. The number of alkyl halides is 3. The summed E-state index contributed by atoms with van der Waals surface area (Å²) in [4.78, 5) is 24.3. The van der Waals surface area contributed by atoms with Crippen molar-refractivity contribution in [1.82, 2.24) is 9.55 Å². The van der Waals surface area contributed by atoms with E-state index in [-0.39, 0.29) is 10.8 Å². The van der Waals surface area contributed by atoms with Crippen LogP contribution in [0.25, 0.3) is 0 Å². The molecular weight excluding hydrogens is 329 g/mol. The van der Waals surface area contributed by atoms with Gasteiger partial charge in [-0.1, -0.05) is 0 Å². The van der Waals surface area contributed by atoms with Crippen LogP contribution in [0.15, 0.2) is 15.8 Å². The number of nitrogens with zero attached hydrogens (tertiary/aromatic N) is 1. The lowest BCUT2D eigenvalue weighted by Crippen LogP contribution is -2.58. The summed E-state index contributed by atoms with van der Waals surface area (Å²) >= 11 is 0. The number of rotatable bonds is 2.